The topological polar surface area (TPSA) is 0 Å². The zero-order valence-corrected chi connectivity index (χ0v) is 11.3. The van der Waals surface area contributed by atoms with E-state index in [-0.39, 0.29) is 0 Å². The average Bonchev–Trinajstić information content (AvgIpc) is 2.37. The maximum atomic E-state index is 2.98. The number of hydrogen-bond donors (Lipinski definition) is 0. The summed E-state index contributed by atoms with van der Waals surface area (Å²) in [5.41, 5.74) is 2.08. The Hall–Kier alpha value is -1.66. The fourth-order valence-corrected chi connectivity index (χ4v) is 0.926. The molecule has 0 heterocycles. The molecule has 0 atom stereocenters. The smallest absolute Gasteiger partial charge is 0.0245 e. The third-order valence-electron chi connectivity index (χ3n) is 1.42. The van der Waals surface area contributed by atoms with Gasteiger partial charge in [0.15, 0.2) is 0 Å². The molecule has 0 spiro atoms. The first-order valence-corrected chi connectivity index (χ1v) is 5.82. The van der Waals surface area contributed by atoms with E-state index in [0.717, 1.165) is 11.1 Å². The van der Waals surface area contributed by atoms with Gasteiger partial charge in [-0.15, -0.1) is 11.8 Å². The molecular weight excluding hydrogens is 192 g/mol. The molecule has 0 amide bonds. The van der Waals surface area contributed by atoms with Crippen molar-refractivity contribution >= 4 is 0 Å². The highest BCUT2D eigenvalue weighted by molar-refractivity contribution is 5.41. The van der Waals surface area contributed by atoms with Gasteiger partial charge in [0.1, 0.15) is 0 Å². The summed E-state index contributed by atoms with van der Waals surface area (Å²) in [6.07, 6.45) is 0. The molecule has 0 aliphatic carbocycles. The van der Waals surface area contributed by atoms with Crippen molar-refractivity contribution in [2.75, 3.05) is 0 Å². The fourth-order valence-electron chi connectivity index (χ4n) is 0.926. The first-order valence-electron chi connectivity index (χ1n) is 5.82. The van der Waals surface area contributed by atoms with E-state index in [0.29, 0.717) is 0 Å². The lowest BCUT2D eigenvalue weighted by molar-refractivity contribution is 1.50. The van der Waals surface area contributed by atoms with Crippen molar-refractivity contribution in [3.05, 3.63) is 35.4 Å². The average molecular weight is 214 g/mol. The van der Waals surface area contributed by atoms with Crippen molar-refractivity contribution in [2.45, 2.75) is 41.5 Å². The van der Waals surface area contributed by atoms with Crippen LogP contribution in [-0.4, -0.2) is 0 Å². The zero-order valence-electron chi connectivity index (χ0n) is 11.3. The molecule has 0 bridgehead atoms. The Kier molecular flexibility index (Phi) is 14.0. The highest BCUT2D eigenvalue weighted by Gasteiger charge is 1.86. The lowest BCUT2D eigenvalue weighted by Crippen LogP contribution is -1.75. The van der Waals surface area contributed by atoms with Gasteiger partial charge in [0.05, 0.1) is 0 Å². The van der Waals surface area contributed by atoms with Crippen molar-refractivity contribution < 1.29 is 0 Å². The van der Waals surface area contributed by atoms with Crippen molar-refractivity contribution in [1.29, 1.82) is 0 Å². The van der Waals surface area contributed by atoms with Crippen LogP contribution in [0.15, 0.2) is 24.3 Å². The molecule has 0 aliphatic rings. The van der Waals surface area contributed by atoms with Crippen molar-refractivity contribution in [2.24, 2.45) is 0 Å². The molecule has 0 saturated carbocycles. The minimum absolute atomic E-state index is 1.04. The van der Waals surface area contributed by atoms with Crippen molar-refractivity contribution in [3.63, 3.8) is 0 Å². The highest BCUT2D eigenvalue weighted by atomic mass is 13.9. The third-order valence-corrected chi connectivity index (χ3v) is 1.42. The normalized spacial score (nSPS) is 6.38. The summed E-state index contributed by atoms with van der Waals surface area (Å²) in [4.78, 5) is 0. The second kappa shape index (κ2) is 13.3. The van der Waals surface area contributed by atoms with E-state index in [2.05, 4.69) is 23.7 Å². The molecule has 86 valence electrons. The number of hydrogen-bond acceptors (Lipinski definition) is 0. The summed E-state index contributed by atoms with van der Waals surface area (Å²) >= 11 is 0. The van der Waals surface area contributed by atoms with Crippen molar-refractivity contribution in [3.8, 4) is 23.7 Å². The molecule has 0 aliphatic heterocycles. The molecule has 1 rings (SSSR count). The van der Waals surface area contributed by atoms with E-state index >= 15 is 0 Å². The molecule has 0 fully saturated rings. The summed E-state index contributed by atoms with van der Waals surface area (Å²) in [5.74, 6) is 11.7. The van der Waals surface area contributed by atoms with E-state index in [1.54, 1.807) is 0 Å². The van der Waals surface area contributed by atoms with Crippen LogP contribution in [0.3, 0.4) is 0 Å². The van der Waals surface area contributed by atoms with Gasteiger partial charge in [0, 0.05) is 11.1 Å². The van der Waals surface area contributed by atoms with Gasteiger partial charge in [0.25, 0.3) is 0 Å². The van der Waals surface area contributed by atoms with E-state index in [1.807, 2.05) is 65.8 Å². The van der Waals surface area contributed by atoms with E-state index in [4.69, 9.17) is 0 Å². The second-order valence-corrected chi connectivity index (χ2v) is 2.33. The van der Waals surface area contributed by atoms with Crippen molar-refractivity contribution in [1.82, 2.24) is 0 Å². The van der Waals surface area contributed by atoms with Gasteiger partial charge in [-0.05, 0) is 38.1 Å². The number of benzene rings is 1. The highest BCUT2D eigenvalue weighted by Crippen LogP contribution is 2.01. The molecule has 0 saturated heterocycles. The van der Waals surface area contributed by atoms with Gasteiger partial charge in [-0.2, -0.15) is 0 Å². The fraction of sp³-hybridized carbons (Fsp3) is 0.375. The molecule has 16 heavy (non-hydrogen) atoms. The van der Waals surface area contributed by atoms with E-state index in [1.165, 1.54) is 0 Å². The van der Waals surface area contributed by atoms with Crippen LogP contribution in [0, 0.1) is 23.7 Å². The molecule has 1 aromatic carbocycles. The van der Waals surface area contributed by atoms with Crippen LogP contribution in [0.1, 0.15) is 52.7 Å². The lowest BCUT2D eigenvalue weighted by Gasteiger charge is -1.90. The Morgan fingerprint density at radius 2 is 0.875 bits per heavy atom. The van der Waals surface area contributed by atoms with Gasteiger partial charge in [0.2, 0.25) is 0 Å². The first kappa shape index (κ1) is 16.8. The van der Waals surface area contributed by atoms with Crippen LogP contribution in [-0.2, 0) is 0 Å². The summed E-state index contributed by atoms with van der Waals surface area (Å²) in [6, 6.07) is 7.93. The SMILES string of the molecule is CC.CC.CC#Cc1ccc(C#CC)cc1. The summed E-state index contributed by atoms with van der Waals surface area (Å²) in [5, 5.41) is 0. The van der Waals surface area contributed by atoms with Crippen LogP contribution in [0.2, 0.25) is 0 Å². The third kappa shape index (κ3) is 7.72. The second-order valence-electron chi connectivity index (χ2n) is 2.33. The predicted octanol–water partition coefficient (Wildman–Crippen LogP) is 4.48. The summed E-state index contributed by atoms with van der Waals surface area (Å²) in [6.45, 7) is 11.7. The molecule has 0 radical (unpaired) electrons. The predicted molar refractivity (Wildman–Crippen MR) is 74.2 cm³/mol. The Balaban J connectivity index is 0. The Morgan fingerprint density at radius 3 is 1.06 bits per heavy atom. The van der Waals surface area contributed by atoms with E-state index in [9.17, 15) is 0 Å². The minimum atomic E-state index is 1.04. The Bertz CT molecular complexity index is 321. The van der Waals surface area contributed by atoms with Gasteiger partial charge < -0.3 is 0 Å². The number of rotatable bonds is 0. The molecule has 0 aromatic heterocycles. The van der Waals surface area contributed by atoms with Crippen LogP contribution in [0.25, 0.3) is 0 Å². The largest absolute Gasteiger partial charge is 0.101 e. The maximum Gasteiger partial charge on any atom is 0.0245 e. The van der Waals surface area contributed by atoms with Crippen LogP contribution in [0.4, 0.5) is 0 Å². The maximum absolute atomic E-state index is 2.98. The van der Waals surface area contributed by atoms with Gasteiger partial charge >= 0.3 is 0 Å². The molecule has 0 N–H and O–H groups in total. The monoisotopic (exact) mass is 214 g/mol. The molecular formula is C16H22. The van der Waals surface area contributed by atoms with Gasteiger partial charge in [-0.25, -0.2) is 0 Å². The van der Waals surface area contributed by atoms with E-state index < -0.39 is 0 Å². The lowest BCUT2D eigenvalue weighted by atomic mass is 10.1. The van der Waals surface area contributed by atoms with Crippen LogP contribution in [0.5, 0.6) is 0 Å². The summed E-state index contributed by atoms with van der Waals surface area (Å²) in [7, 11) is 0. The standard InChI is InChI=1S/C12H10.2C2H6/c1-3-5-11-7-9-12(6-4-2)10-8-11;2*1-2/h7-10H,1-2H3;2*1-2H3. The molecule has 0 heteroatoms. The quantitative estimate of drug-likeness (QED) is 0.558. The molecule has 0 nitrogen and oxygen atoms in total. The first-order chi connectivity index (χ1) is 7.86. The van der Waals surface area contributed by atoms with Crippen LogP contribution >= 0.6 is 0 Å². The Labute approximate surface area is 101 Å². The van der Waals surface area contributed by atoms with Gasteiger partial charge in [-0.3, -0.25) is 0 Å². The summed E-state index contributed by atoms with van der Waals surface area (Å²) < 4.78 is 0. The zero-order chi connectivity index (χ0) is 12.8. The molecule has 0 unspecified atom stereocenters. The van der Waals surface area contributed by atoms with Gasteiger partial charge in [-0.1, -0.05) is 39.5 Å². The Morgan fingerprint density at radius 1 is 0.625 bits per heavy atom. The molecule has 1 aromatic rings. The van der Waals surface area contributed by atoms with Crippen LogP contribution < -0.4 is 0 Å². The minimum Gasteiger partial charge on any atom is -0.101 e.